The van der Waals surface area contributed by atoms with E-state index in [2.05, 4.69) is 21.7 Å². The standard InChI is InChI=1S/C16H22N4O2/c1-2-19-12-17-18-16(19)13-7-9-20(10-8-13)15(21)6-5-14-4-3-11-22-14/h3-4,11-13H,2,5-10H2,1H3. The normalized spacial score (nSPS) is 16.1. The van der Waals surface area contributed by atoms with E-state index in [0.717, 1.165) is 44.1 Å². The first-order valence-corrected chi connectivity index (χ1v) is 7.95. The SMILES string of the molecule is CCn1cnnc1C1CCN(C(=O)CCc2ccco2)CC1. The number of likely N-dealkylation sites (tertiary alicyclic amines) is 1. The van der Waals surface area contributed by atoms with Gasteiger partial charge in [-0.25, -0.2) is 0 Å². The molecule has 1 fully saturated rings. The van der Waals surface area contributed by atoms with Gasteiger partial charge < -0.3 is 13.9 Å². The molecule has 0 aliphatic carbocycles. The highest BCUT2D eigenvalue weighted by Crippen LogP contribution is 2.26. The number of furan rings is 1. The third-order valence-corrected chi connectivity index (χ3v) is 4.36. The number of aromatic nitrogens is 3. The number of amides is 1. The molecule has 1 amide bonds. The average Bonchev–Trinajstić information content (AvgIpc) is 3.23. The van der Waals surface area contributed by atoms with E-state index in [-0.39, 0.29) is 5.91 Å². The number of carbonyl (C=O) groups excluding carboxylic acids is 1. The van der Waals surface area contributed by atoms with Crippen molar-refractivity contribution >= 4 is 5.91 Å². The Balaban J connectivity index is 1.50. The second-order valence-electron chi connectivity index (χ2n) is 5.71. The molecule has 6 nitrogen and oxygen atoms in total. The van der Waals surface area contributed by atoms with Crippen LogP contribution in [0.2, 0.25) is 0 Å². The van der Waals surface area contributed by atoms with Crippen LogP contribution in [0.25, 0.3) is 0 Å². The Hall–Kier alpha value is -2.11. The Bertz CT molecular complexity index is 597. The van der Waals surface area contributed by atoms with Gasteiger partial charge >= 0.3 is 0 Å². The van der Waals surface area contributed by atoms with Gasteiger partial charge in [0.25, 0.3) is 0 Å². The quantitative estimate of drug-likeness (QED) is 0.849. The van der Waals surface area contributed by atoms with E-state index in [0.29, 0.717) is 18.8 Å². The van der Waals surface area contributed by atoms with Gasteiger partial charge in [0.2, 0.25) is 5.91 Å². The first-order chi connectivity index (χ1) is 10.8. The fourth-order valence-electron chi connectivity index (χ4n) is 3.05. The average molecular weight is 302 g/mol. The molecule has 0 radical (unpaired) electrons. The number of piperidine rings is 1. The fraction of sp³-hybridized carbons (Fsp3) is 0.562. The lowest BCUT2D eigenvalue weighted by Crippen LogP contribution is -2.38. The smallest absolute Gasteiger partial charge is 0.223 e. The molecule has 0 atom stereocenters. The summed E-state index contributed by atoms with van der Waals surface area (Å²) < 4.78 is 7.37. The molecule has 22 heavy (non-hydrogen) atoms. The van der Waals surface area contributed by atoms with Crippen LogP contribution in [0.15, 0.2) is 29.1 Å². The lowest BCUT2D eigenvalue weighted by Gasteiger charge is -2.31. The minimum Gasteiger partial charge on any atom is -0.469 e. The Morgan fingerprint density at radius 1 is 1.41 bits per heavy atom. The van der Waals surface area contributed by atoms with Crippen LogP contribution in [0.3, 0.4) is 0 Å². The Morgan fingerprint density at radius 2 is 2.23 bits per heavy atom. The molecule has 3 heterocycles. The summed E-state index contributed by atoms with van der Waals surface area (Å²) in [5.41, 5.74) is 0. The fourth-order valence-corrected chi connectivity index (χ4v) is 3.05. The molecule has 2 aromatic rings. The number of nitrogens with zero attached hydrogens (tertiary/aromatic N) is 4. The molecule has 1 aliphatic rings. The highest BCUT2D eigenvalue weighted by atomic mass is 16.3. The van der Waals surface area contributed by atoms with E-state index in [1.165, 1.54) is 0 Å². The van der Waals surface area contributed by atoms with Crippen LogP contribution in [0.4, 0.5) is 0 Å². The summed E-state index contributed by atoms with van der Waals surface area (Å²) in [5, 5.41) is 8.25. The second-order valence-corrected chi connectivity index (χ2v) is 5.71. The second kappa shape index (κ2) is 6.77. The summed E-state index contributed by atoms with van der Waals surface area (Å²) in [6.45, 7) is 4.60. The van der Waals surface area contributed by atoms with Crippen LogP contribution in [-0.4, -0.2) is 38.7 Å². The topological polar surface area (TPSA) is 64.2 Å². The van der Waals surface area contributed by atoms with Gasteiger partial charge in [-0.3, -0.25) is 4.79 Å². The van der Waals surface area contributed by atoms with Gasteiger partial charge in [-0.15, -0.1) is 10.2 Å². The summed E-state index contributed by atoms with van der Waals surface area (Å²) in [6, 6.07) is 3.77. The van der Waals surface area contributed by atoms with Crippen molar-refractivity contribution in [1.82, 2.24) is 19.7 Å². The Kier molecular flexibility index (Phi) is 4.56. The predicted molar refractivity (Wildman–Crippen MR) is 81.3 cm³/mol. The molecule has 0 bridgehead atoms. The molecule has 2 aromatic heterocycles. The monoisotopic (exact) mass is 302 g/mol. The lowest BCUT2D eigenvalue weighted by atomic mass is 9.95. The number of hydrogen-bond acceptors (Lipinski definition) is 4. The van der Waals surface area contributed by atoms with E-state index in [1.54, 1.807) is 12.6 Å². The molecule has 0 unspecified atom stereocenters. The number of aryl methyl sites for hydroxylation is 2. The molecule has 118 valence electrons. The number of hydrogen-bond donors (Lipinski definition) is 0. The largest absolute Gasteiger partial charge is 0.469 e. The van der Waals surface area contributed by atoms with Crippen molar-refractivity contribution in [3.8, 4) is 0 Å². The molecule has 1 saturated heterocycles. The first kappa shape index (κ1) is 14.8. The summed E-state index contributed by atoms with van der Waals surface area (Å²) in [6.07, 6.45) is 6.56. The molecule has 6 heteroatoms. The van der Waals surface area contributed by atoms with Crippen LogP contribution in [0.5, 0.6) is 0 Å². The van der Waals surface area contributed by atoms with Crippen LogP contribution >= 0.6 is 0 Å². The van der Waals surface area contributed by atoms with Gasteiger partial charge in [-0.1, -0.05) is 0 Å². The summed E-state index contributed by atoms with van der Waals surface area (Å²) in [7, 11) is 0. The highest BCUT2D eigenvalue weighted by molar-refractivity contribution is 5.76. The first-order valence-electron chi connectivity index (χ1n) is 7.95. The van der Waals surface area contributed by atoms with Crippen LogP contribution in [0.1, 0.15) is 43.7 Å². The van der Waals surface area contributed by atoms with Gasteiger partial charge in [0.1, 0.15) is 17.9 Å². The summed E-state index contributed by atoms with van der Waals surface area (Å²) >= 11 is 0. The minimum atomic E-state index is 0.215. The van der Waals surface area contributed by atoms with Crippen molar-refractivity contribution in [3.63, 3.8) is 0 Å². The van der Waals surface area contributed by atoms with Crippen molar-refractivity contribution in [2.24, 2.45) is 0 Å². The maximum atomic E-state index is 12.3. The van der Waals surface area contributed by atoms with E-state index >= 15 is 0 Å². The molecule has 1 aliphatic heterocycles. The van der Waals surface area contributed by atoms with E-state index < -0.39 is 0 Å². The third kappa shape index (κ3) is 3.21. The van der Waals surface area contributed by atoms with Gasteiger partial charge in [0, 0.05) is 38.4 Å². The van der Waals surface area contributed by atoms with Crippen LogP contribution in [0, 0.1) is 0 Å². The van der Waals surface area contributed by atoms with Gasteiger partial charge in [0.15, 0.2) is 0 Å². The van der Waals surface area contributed by atoms with Gasteiger partial charge in [-0.2, -0.15) is 0 Å². The third-order valence-electron chi connectivity index (χ3n) is 4.36. The number of carbonyl (C=O) groups is 1. The van der Waals surface area contributed by atoms with E-state index in [1.807, 2.05) is 17.0 Å². The Labute approximate surface area is 130 Å². The maximum absolute atomic E-state index is 12.3. The predicted octanol–water partition coefficient (Wildman–Crippen LogP) is 2.23. The molecule has 0 aromatic carbocycles. The lowest BCUT2D eigenvalue weighted by molar-refractivity contribution is -0.132. The zero-order valence-electron chi connectivity index (χ0n) is 12.9. The van der Waals surface area contributed by atoms with E-state index in [9.17, 15) is 4.79 Å². The zero-order chi connectivity index (χ0) is 15.4. The molecule has 0 spiro atoms. The molecular formula is C16H22N4O2. The maximum Gasteiger partial charge on any atom is 0.223 e. The minimum absolute atomic E-state index is 0.215. The van der Waals surface area contributed by atoms with Crippen molar-refractivity contribution in [2.45, 2.75) is 45.1 Å². The summed E-state index contributed by atoms with van der Waals surface area (Å²) in [4.78, 5) is 14.2. The van der Waals surface area contributed by atoms with Gasteiger partial charge in [-0.05, 0) is 31.9 Å². The molecule has 0 N–H and O–H groups in total. The Morgan fingerprint density at radius 3 is 2.91 bits per heavy atom. The molecule has 3 rings (SSSR count). The van der Waals surface area contributed by atoms with Crippen molar-refractivity contribution in [3.05, 3.63) is 36.3 Å². The van der Waals surface area contributed by atoms with Crippen molar-refractivity contribution < 1.29 is 9.21 Å². The van der Waals surface area contributed by atoms with Crippen LogP contribution < -0.4 is 0 Å². The molecule has 0 saturated carbocycles. The highest BCUT2D eigenvalue weighted by Gasteiger charge is 2.26. The van der Waals surface area contributed by atoms with E-state index in [4.69, 9.17) is 4.42 Å². The molecular weight excluding hydrogens is 280 g/mol. The zero-order valence-corrected chi connectivity index (χ0v) is 12.9. The number of rotatable bonds is 5. The van der Waals surface area contributed by atoms with Crippen molar-refractivity contribution in [1.29, 1.82) is 0 Å². The summed E-state index contributed by atoms with van der Waals surface area (Å²) in [5.74, 6) is 2.56. The van der Waals surface area contributed by atoms with Gasteiger partial charge in [0.05, 0.1) is 6.26 Å². The van der Waals surface area contributed by atoms with Crippen LogP contribution in [-0.2, 0) is 17.8 Å². The van der Waals surface area contributed by atoms with Crippen molar-refractivity contribution in [2.75, 3.05) is 13.1 Å².